The molecule has 0 aliphatic carbocycles. The molecule has 0 saturated carbocycles. The number of benzene rings is 2. The number of anilines is 3. The molecule has 0 fully saturated rings. The molecule has 0 atom stereocenters. The summed E-state index contributed by atoms with van der Waals surface area (Å²) in [5.74, 6) is 2.47. The molecule has 27 heavy (non-hydrogen) atoms. The van der Waals surface area contributed by atoms with Crippen LogP contribution in [0.5, 0.6) is 17.4 Å². The van der Waals surface area contributed by atoms with Crippen LogP contribution < -0.4 is 24.8 Å². The van der Waals surface area contributed by atoms with Gasteiger partial charge in [0.2, 0.25) is 11.8 Å². The maximum Gasteiger partial charge on any atom is 0.243 e. The molecule has 3 N–H and O–H groups in total. The lowest BCUT2D eigenvalue weighted by atomic mass is 10.3. The van der Waals surface area contributed by atoms with E-state index in [4.69, 9.17) is 26.4 Å². The molecule has 0 bridgehead atoms. The van der Waals surface area contributed by atoms with Crippen molar-refractivity contribution in [2.24, 2.45) is 0 Å². The number of thiocarbonyl (C=S) groups is 1. The van der Waals surface area contributed by atoms with Crippen molar-refractivity contribution in [2.75, 3.05) is 32.0 Å². The summed E-state index contributed by atoms with van der Waals surface area (Å²) in [6.07, 6.45) is 0. The highest BCUT2D eigenvalue weighted by Gasteiger charge is 2.15. The Labute approximate surface area is 162 Å². The van der Waals surface area contributed by atoms with Crippen LogP contribution in [0.2, 0.25) is 0 Å². The Morgan fingerprint density at radius 1 is 0.852 bits per heavy atom. The van der Waals surface area contributed by atoms with Gasteiger partial charge in [0.1, 0.15) is 22.2 Å². The van der Waals surface area contributed by atoms with Crippen molar-refractivity contribution in [3.8, 4) is 17.4 Å². The number of H-pyrrole nitrogens is 1. The van der Waals surface area contributed by atoms with Gasteiger partial charge in [-0.15, -0.1) is 0 Å². The molecule has 0 unspecified atom stereocenters. The Bertz CT molecular complexity index is 908. The highest BCUT2D eigenvalue weighted by molar-refractivity contribution is 7.81. The van der Waals surface area contributed by atoms with Gasteiger partial charge in [0.25, 0.3) is 0 Å². The molecular formula is C19H20N4O3S. The van der Waals surface area contributed by atoms with Crippen LogP contribution in [0.3, 0.4) is 0 Å². The molecule has 0 saturated heterocycles. The number of nitrogens with zero attached hydrogens (tertiary/aromatic N) is 1. The summed E-state index contributed by atoms with van der Waals surface area (Å²) >= 11 is 5.49. The van der Waals surface area contributed by atoms with Gasteiger partial charge in [0.15, 0.2) is 0 Å². The Balaban J connectivity index is 1.75. The van der Waals surface area contributed by atoms with Gasteiger partial charge in [-0.2, -0.15) is 4.98 Å². The fourth-order valence-corrected chi connectivity index (χ4v) is 2.65. The fourth-order valence-electron chi connectivity index (χ4n) is 2.40. The SMILES string of the molecule is COc1ccc(NC(=S)c2[nH]c(Nc3ccc(OC)cc3)nc2OC)cc1. The topological polar surface area (TPSA) is 80.4 Å². The summed E-state index contributed by atoms with van der Waals surface area (Å²) in [5, 5.41) is 6.33. The molecule has 7 nitrogen and oxygen atoms in total. The van der Waals surface area contributed by atoms with Crippen molar-refractivity contribution in [1.29, 1.82) is 0 Å². The highest BCUT2D eigenvalue weighted by Crippen LogP contribution is 2.24. The number of rotatable bonds is 7. The lowest BCUT2D eigenvalue weighted by Gasteiger charge is -2.08. The minimum atomic E-state index is 0.400. The Morgan fingerprint density at radius 2 is 1.41 bits per heavy atom. The van der Waals surface area contributed by atoms with Crippen LogP contribution in [0.4, 0.5) is 17.3 Å². The van der Waals surface area contributed by atoms with Crippen LogP contribution in [0.1, 0.15) is 5.69 Å². The summed E-state index contributed by atoms with van der Waals surface area (Å²) in [7, 11) is 4.80. The second-order valence-electron chi connectivity index (χ2n) is 5.51. The van der Waals surface area contributed by atoms with E-state index in [0.717, 1.165) is 22.9 Å². The predicted octanol–water partition coefficient (Wildman–Crippen LogP) is 3.97. The van der Waals surface area contributed by atoms with Crippen LogP contribution in [0.25, 0.3) is 0 Å². The average molecular weight is 384 g/mol. The Kier molecular flexibility index (Phi) is 5.77. The van der Waals surface area contributed by atoms with Crippen molar-refractivity contribution in [3.05, 3.63) is 54.2 Å². The van der Waals surface area contributed by atoms with Crippen molar-refractivity contribution in [2.45, 2.75) is 0 Å². The van der Waals surface area contributed by atoms with Crippen LogP contribution >= 0.6 is 12.2 Å². The maximum atomic E-state index is 5.49. The van der Waals surface area contributed by atoms with Crippen LogP contribution in [0, 0.1) is 0 Å². The van der Waals surface area contributed by atoms with Crippen molar-refractivity contribution >= 4 is 34.5 Å². The van der Waals surface area contributed by atoms with Gasteiger partial charge in [0, 0.05) is 11.4 Å². The normalized spacial score (nSPS) is 10.2. The van der Waals surface area contributed by atoms with Gasteiger partial charge in [0.05, 0.1) is 21.3 Å². The van der Waals surface area contributed by atoms with Gasteiger partial charge in [-0.3, -0.25) is 0 Å². The van der Waals surface area contributed by atoms with Crippen molar-refractivity contribution in [3.63, 3.8) is 0 Å². The first kappa shape index (κ1) is 18.5. The minimum Gasteiger partial charge on any atom is -0.497 e. The van der Waals surface area contributed by atoms with Crippen molar-refractivity contribution in [1.82, 2.24) is 9.97 Å². The number of aromatic nitrogens is 2. The van der Waals surface area contributed by atoms with Crippen LogP contribution in [-0.4, -0.2) is 36.3 Å². The van der Waals surface area contributed by atoms with Crippen molar-refractivity contribution < 1.29 is 14.2 Å². The lowest BCUT2D eigenvalue weighted by molar-refractivity contribution is 0.399. The number of aromatic amines is 1. The van der Waals surface area contributed by atoms with Gasteiger partial charge < -0.3 is 29.8 Å². The van der Waals surface area contributed by atoms with Gasteiger partial charge in [-0.05, 0) is 48.5 Å². The largest absolute Gasteiger partial charge is 0.497 e. The quantitative estimate of drug-likeness (QED) is 0.532. The van der Waals surface area contributed by atoms with E-state index in [9.17, 15) is 0 Å². The smallest absolute Gasteiger partial charge is 0.243 e. The number of methoxy groups -OCH3 is 3. The number of imidazole rings is 1. The molecule has 0 aliphatic rings. The first-order valence-corrected chi connectivity index (χ1v) is 8.54. The van der Waals surface area contributed by atoms with E-state index < -0.39 is 0 Å². The third-order valence-electron chi connectivity index (χ3n) is 3.79. The number of ether oxygens (including phenoxy) is 3. The van der Waals surface area contributed by atoms with E-state index in [0.29, 0.717) is 22.5 Å². The number of nitrogens with one attached hydrogen (secondary N) is 3. The van der Waals surface area contributed by atoms with Gasteiger partial charge in [-0.1, -0.05) is 12.2 Å². The molecular weight excluding hydrogens is 364 g/mol. The Morgan fingerprint density at radius 3 is 1.93 bits per heavy atom. The molecule has 0 amide bonds. The average Bonchev–Trinajstić information content (AvgIpc) is 3.12. The number of hydrogen-bond donors (Lipinski definition) is 3. The highest BCUT2D eigenvalue weighted by atomic mass is 32.1. The van der Waals surface area contributed by atoms with Gasteiger partial charge >= 0.3 is 0 Å². The molecule has 3 aromatic rings. The standard InChI is InChI=1S/C19H20N4O3S/c1-24-14-8-4-12(5-9-14)20-18(27)16-17(26-3)23-19(22-16)21-13-6-10-15(25-2)11-7-13/h4-11H,1-3H3,(H,20,27)(H2,21,22,23). The fraction of sp³-hybridized carbons (Fsp3) is 0.158. The molecule has 140 valence electrons. The van der Waals surface area contributed by atoms with E-state index in [1.54, 1.807) is 21.3 Å². The summed E-state index contributed by atoms with van der Waals surface area (Å²) in [6.45, 7) is 0. The van der Waals surface area contributed by atoms with E-state index in [1.165, 1.54) is 0 Å². The summed E-state index contributed by atoms with van der Waals surface area (Å²) in [4.78, 5) is 8.00. The zero-order chi connectivity index (χ0) is 19.2. The van der Waals surface area contributed by atoms with Gasteiger partial charge in [-0.25, -0.2) is 0 Å². The summed E-state index contributed by atoms with van der Waals surface area (Å²) < 4.78 is 15.7. The molecule has 3 rings (SSSR count). The summed E-state index contributed by atoms with van der Waals surface area (Å²) in [6, 6.07) is 15.0. The Hall–Kier alpha value is -3.26. The zero-order valence-corrected chi connectivity index (χ0v) is 16.0. The molecule has 8 heteroatoms. The van der Waals surface area contributed by atoms with Crippen LogP contribution in [0.15, 0.2) is 48.5 Å². The molecule has 1 heterocycles. The first-order valence-electron chi connectivity index (χ1n) is 8.13. The monoisotopic (exact) mass is 384 g/mol. The third-order valence-corrected chi connectivity index (χ3v) is 4.10. The first-order chi connectivity index (χ1) is 13.1. The minimum absolute atomic E-state index is 0.400. The molecule has 2 aromatic carbocycles. The maximum absolute atomic E-state index is 5.49. The summed E-state index contributed by atoms with van der Waals surface area (Å²) in [5.41, 5.74) is 2.27. The zero-order valence-electron chi connectivity index (χ0n) is 15.2. The van der Waals surface area contributed by atoms with E-state index in [1.807, 2.05) is 48.5 Å². The van der Waals surface area contributed by atoms with E-state index in [-0.39, 0.29) is 0 Å². The molecule has 0 radical (unpaired) electrons. The lowest BCUT2D eigenvalue weighted by Crippen LogP contribution is -2.12. The third kappa shape index (κ3) is 4.48. The molecule has 0 aliphatic heterocycles. The predicted molar refractivity (Wildman–Crippen MR) is 110 cm³/mol. The van der Waals surface area contributed by atoms with Crippen LogP contribution in [-0.2, 0) is 0 Å². The number of hydrogen-bond acceptors (Lipinski definition) is 6. The molecule has 1 aromatic heterocycles. The molecule has 0 spiro atoms. The van der Waals surface area contributed by atoms with E-state index >= 15 is 0 Å². The second kappa shape index (κ2) is 8.41. The van der Waals surface area contributed by atoms with E-state index in [2.05, 4.69) is 20.6 Å². The second-order valence-corrected chi connectivity index (χ2v) is 5.91.